The Morgan fingerprint density at radius 2 is 1.83 bits per heavy atom. The van der Waals surface area contributed by atoms with E-state index in [-0.39, 0.29) is 29.3 Å². The standard InChI is InChI=1S/C37H47N3O6S/c1-5-28(24-38)21-31-23-34(30-10-12-32(44-4)13-11-30)37(25-40(31)47(41,42)33-14-7-27(2)8-15-33)46-26-29-9-16-36-35(22-29)39(18-20-45-36)17-6-19-43-3/h7-16,22,28,31,34,37H,5-6,17-21,23,25-26H2,1-4H3/t28-,31+,34-,37+/m1/s1. The minimum atomic E-state index is -3.86. The molecule has 2 aliphatic heterocycles. The molecule has 252 valence electrons. The summed E-state index contributed by atoms with van der Waals surface area (Å²) in [5, 5.41) is 9.88. The largest absolute Gasteiger partial charge is 0.497 e. The van der Waals surface area contributed by atoms with Gasteiger partial charge >= 0.3 is 0 Å². The molecule has 0 aromatic heterocycles. The minimum Gasteiger partial charge on any atom is -0.497 e. The molecule has 0 aliphatic carbocycles. The summed E-state index contributed by atoms with van der Waals surface area (Å²) in [5.74, 6) is 1.27. The molecule has 10 heteroatoms. The first-order chi connectivity index (χ1) is 22.8. The molecule has 0 saturated carbocycles. The fraction of sp³-hybridized carbons (Fsp3) is 0.486. The first-order valence-corrected chi connectivity index (χ1v) is 17.9. The van der Waals surface area contributed by atoms with E-state index in [2.05, 4.69) is 17.0 Å². The predicted octanol–water partition coefficient (Wildman–Crippen LogP) is 6.31. The summed E-state index contributed by atoms with van der Waals surface area (Å²) in [6.07, 6.45) is 2.14. The number of hydrogen-bond donors (Lipinski definition) is 0. The maximum absolute atomic E-state index is 14.3. The lowest BCUT2D eigenvalue weighted by molar-refractivity contribution is -0.0220. The predicted molar refractivity (Wildman–Crippen MR) is 182 cm³/mol. The van der Waals surface area contributed by atoms with Gasteiger partial charge in [0.1, 0.15) is 18.1 Å². The number of fused-ring (bicyclic) bond motifs is 1. The Balaban J connectivity index is 1.46. The van der Waals surface area contributed by atoms with Gasteiger partial charge in [-0.15, -0.1) is 0 Å². The van der Waals surface area contributed by atoms with Crippen molar-refractivity contribution < 1.29 is 27.4 Å². The Bertz CT molecular complexity index is 1610. The molecule has 9 nitrogen and oxygen atoms in total. The van der Waals surface area contributed by atoms with Crippen LogP contribution in [0.5, 0.6) is 11.5 Å². The molecule has 3 aromatic rings. The highest BCUT2D eigenvalue weighted by molar-refractivity contribution is 7.89. The Morgan fingerprint density at radius 1 is 1.06 bits per heavy atom. The Morgan fingerprint density at radius 3 is 2.51 bits per heavy atom. The number of ether oxygens (including phenoxy) is 4. The summed E-state index contributed by atoms with van der Waals surface area (Å²) < 4.78 is 53.5. The molecule has 0 unspecified atom stereocenters. The van der Waals surface area contributed by atoms with Gasteiger partial charge in [-0.1, -0.05) is 42.8 Å². The van der Waals surface area contributed by atoms with Crippen LogP contribution >= 0.6 is 0 Å². The van der Waals surface area contributed by atoms with E-state index in [0.29, 0.717) is 39.1 Å². The molecule has 0 N–H and O–H groups in total. The quantitative estimate of drug-likeness (QED) is 0.185. The van der Waals surface area contributed by atoms with Gasteiger partial charge in [0.25, 0.3) is 0 Å². The third-order valence-corrected chi connectivity index (χ3v) is 11.3. The van der Waals surface area contributed by atoms with Gasteiger partial charge in [-0.25, -0.2) is 8.42 Å². The molecule has 0 bridgehead atoms. The van der Waals surface area contributed by atoms with E-state index in [1.807, 2.05) is 62.4 Å². The normalized spacial score (nSPS) is 20.6. The molecule has 47 heavy (non-hydrogen) atoms. The van der Waals surface area contributed by atoms with E-state index in [9.17, 15) is 13.7 Å². The summed E-state index contributed by atoms with van der Waals surface area (Å²) in [6, 6.07) is 23.1. The zero-order valence-corrected chi connectivity index (χ0v) is 28.7. The van der Waals surface area contributed by atoms with Crippen LogP contribution in [0.3, 0.4) is 0 Å². The monoisotopic (exact) mass is 661 g/mol. The highest BCUT2D eigenvalue weighted by atomic mass is 32.2. The molecule has 1 saturated heterocycles. The van der Waals surface area contributed by atoms with Gasteiger partial charge in [0.2, 0.25) is 10.0 Å². The van der Waals surface area contributed by atoms with Crippen molar-refractivity contribution in [1.82, 2.24) is 4.31 Å². The fourth-order valence-electron chi connectivity index (χ4n) is 6.62. The number of nitrogens with zero attached hydrogens (tertiary/aromatic N) is 3. The SMILES string of the molecule is CC[C@@H](C#N)C[C@H]1C[C@H](c2ccc(OC)cc2)[C@@H](OCc2ccc3c(c2)N(CCCOC)CCO3)CN1S(=O)(=O)c1ccc(C)cc1. The lowest BCUT2D eigenvalue weighted by Crippen LogP contribution is -2.52. The van der Waals surface area contributed by atoms with Crippen molar-refractivity contribution in [2.24, 2.45) is 5.92 Å². The van der Waals surface area contributed by atoms with Crippen LogP contribution in [0, 0.1) is 24.2 Å². The van der Waals surface area contributed by atoms with Gasteiger partial charge in [-0.2, -0.15) is 9.57 Å². The topological polar surface area (TPSA) is 101 Å². The summed E-state index contributed by atoms with van der Waals surface area (Å²) in [5.41, 5.74) is 4.07. The van der Waals surface area contributed by atoms with E-state index in [0.717, 1.165) is 53.4 Å². The van der Waals surface area contributed by atoms with E-state index in [1.165, 1.54) is 0 Å². The van der Waals surface area contributed by atoms with Crippen LogP contribution in [0.1, 0.15) is 55.2 Å². The minimum absolute atomic E-state index is 0.0851. The van der Waals surface area contributed by atoms with Crippen LogP contribution < -0.4 is 14.4 Å². The van der Waals surface area contributed by atoms with Crippen molar-refractivity contribution in [1.29, 1.82) is 5.26 Å². The van der Waals surface area contributed by atoms with E-state index >= 15 is 0 Å². The van der Waals surface area contributed by atoms with Gasteiger partial charge in [-0.3, -0.25) is 0 Å². The van der Waals surface area contributed by atoms with Gasteiger partial charge < -0.3 is 23.8 Å². The summed E-state index contributed by atoms with van der Waals surface area (Å²) in [4.78, 5) is 2.57. The number of benzene rings is 3. The summed E-state index contributed by atoms with van der Waals surface area (Å²) >= 11 is 0. The van der Waals surface area contributed by atoms with Crippen LogP contribution in [0.15, 0.2) is 71.6 Å². The number of sulfonamides is 1. The van der Waals surface area contributed by atoms with Crippen molar-refractivity contribution >= 4 is 15.7 Å². The molecule has 5 rings (SSSR count). The molecule has 0 amide bonds. The number of rotatable bonds is 14. The van der Waals surface area contributed by atoms with Gasteiger partial charge in [-0.05, 0) is 80.1 Å². The zero-order valence-electron chi connectivity index (χ0n) is 27.9. The van der Waals surface area contributed by atoms with Gasteiger partial charge in [0.15, 0.2) is 0 Å². The number of aryl methyl sites for hydroxylation is 1. The highest BCUT2D eigenvalue weighted by Crippen LogP contribution is 2.40. The first-order valence-electron chi connectivity index (χ1n) is 16.5. The van der Waals surface area contributed by atoms with Crippen LogP contribution in [-0.2, 0) is 26.1 Å². The molecule has 2 heterocycles. The lowest BCUT2D eigenvalue weighted by Gasteiger charge is -2.44. The second-order valence-electron chi connectivity index (χ2n) is 12.5. The van der Waals surface area contributed by atoms with Crippen LogP contribution in [0.2, 0.25) is 0 Å². The zero-order chi connectivity index (χ0) is 33.4. The highest BCUT2D eigenvalue weighted by Gasteiger charge is 2.43. The van der Waals surface area contributed by atoms with Gasteiger partial charge in [0, 0.05) is 44.7 Å². The third-order valence-electron chi connectivity index (χ3n) is 9.37. The Kier molecular flexibility index (Phi) is 11.8. The second-order valence-corrected chi connectivity index (χ2v) is 14.4. The molecule has 1 fully saturated rings. The molecule has 0 radical (unpaired) electrons. The van der Waals surface area contributed by atoms with Gasteiger partial charge in [0.05, 0.1) is 43.0 Å². The van der Waals surface area contributed by atoms with E-state index in [1.54, 1.807) is 30.7 Å². The van der Waals surface area contributed by atoms with Crippen molar-refractivity contribution in [3.8, 4) is 17.6 Å². The third kappa shape index (κ3) is 8.28. The van der Waals surface area contributed by atoms with Crippen LogP contribution in [-0.4, -0.2) is 71.9 Å². The van der Waals surface area contributed by atoms with E-state index in [4.69, 9.17) is 18.9 Å². The summed E-state index contributed by atoms with van der Waals surface area (Å²) in [6.45, 7) is 7.41. The van der Waals surface area contributed by atoms with Crippen molar-refractivity contribution in [2.45, 2.75) is 69.1 Å². The molecular formula is C37H47N3O6S. The van der Waals surface area contributed by atoms with Crippen molar-refractivity contribution in [3.63, 3.8) is 0 Å². The van der Waals surface area contributed by atoms with Crippen LogP contribution in [0.4, 0.5) is 5.69 Å². The molecule has 4 atom stereocenters. The second kappa shape index (κ2) is 16.0. The number of methoxy groups -OCH3 is 2. The van der Waals surface area contributed by atoms with E-state index < -0.39 is 16.1 Å². The van der Waals surface area contributed by atoms with Crippen molar-refractivity contribution in [3.05, 3.63) is 83.4 Å². The average molecular weight is 662 g/mol. The molecular weight excluding hydrogens is 614 g/mol. The molecule has 2 aliphatic rings. The first kappa shape index (κ1) is 34.7. The number of nitriles is 1. The lowest BCUT2D eigenvalue weighted by atomic mass is 9.81. The fourth-order valence-corrected chi connectivity index (χ4v) is 8.28. The Hall–Kier alpha value is -3.62. The summed E-state index contributed by atoms with van der Waals surface area (Å²) in [7, 11) is -0.506. The maximum Gasteiger partial charge on any atom is 0.243 e. The van der Waals surface area contributed by atoms with Crippen LogP contribution in [0.25, 0.3) is 0 Å². The maximum atomic E-state index is 14.3. The smallest absolute Gasteiger partial charge is 0.243 e. The number of hydrogen-bond acceptors (Lipinski definition) is 8. The number of anilines is 1. The number of piperidine rings is 1. The van der Waals surface area contributed by atoms with Crippen molar-refractivity contribution in [2.75, 3.05) is 52.0 Å². The molecule has 3 aromatic carbocycles. The Labute approximate surface area is 280 Å². The average Bonchev–Trinajstić information content (AvgIpc) is 3.10. The molecule has 0 spiro atoms.